The van der Waals surface area contributed by atoms with Crippen LogP contribution in [0.25, 0.3) is 0 Å². The van der Waals surface area contributed by atoms with Crippen molar-refractivity contribution in [3.05, 3.63) is 56.2 Å². The number of ether oxygens (including phenoxy) is 1. The van der Waals surface area contributed by atoms with E-state index >= 15 is 0 Å². The maximum atomic E-state index is 13.2. The monoisotopic (exact) mass is 415 g/mol. The molecule has 0 aromatic heterocycles. The highest BCUT2D eigenvalue weighted by molar-refractivity contribution is 9.10. The number of aryl methyl sites for hydroxylation is 1. The van der Waals surface area contributed by atoms with Gasteiger partial charge < -0.3 is 10.1 Å². The number of hydrogen-bond donors (Lipinski definition) is 1. The van der Waals surface area contributed by atoms with Crippen LogP contribution in [0.1, 0.15) is 24.1 Å². The van der Waals surface area contributed by atoms with Crippen molar-refractivity contribution in [1.29, 1.82) is 0 Å². The molecule has 2 aromatic rings. The third-order valence-corrected chi connectivity index (χ3v) is 4.42. The fraction of sp³-hybridized carbons (Fsp3) is 0.250. The van der Waals surface area contributed by atoms with Crippen molar-refractivity contribution in [2.45, 2.75) is 19.9 Å². The average molecular weight is 417 g/mol. The first-order valence-electron chi connectivity index (χ1n) is 6.48. The van der Waals surface area contributed by atoms with Gasteiger partial charge in [0.2, 0.25) is 0 Å². The van der Waals surface area contributed by atoms with Gasteiger partial charge in [-0.15, -0.1) is 0 Å². The van der Waals surface area contributed by atoms with Crippen LogP contribution in [0, 0.1) is 12.7 Å². The van der Waals surface area contributed by atoms with E-state index in [1.54, 1.807) is 13.2 Å². The molecule has 0 amide bonds. The normalized spacial score (nSPS) is 12.1. The van der Waals surface area contributed by atoms with Crippen LogP contribution in [0.5, 0.6) is 5.75 Å². The fourth-order valence-electron chi connectivity index (χ4n) is 2.21. The Balaban J connectivity index is 2.33. The maximum Gasteiger partial charge on any atom is 0.143 e. The van der Waals surface area contributed by atoms with E-state index in [2.05, 4.69) is 37.2 Å². The third kappa shape index (κ3) is 3.77. The lowest BCUT2D eigenvalue weighted by Crippen LogP contribution is -2.09. The summed E-state index contributed by atoms with van der Waals surface area (Å²) in [6, 6.07) is 8.66. The summed E-state index contributed by atoms with van der Waals surface area (Å²) < 4.78 is 20.3. The SMILES string of the molecule is COc1cc(Br)cc(C)c1NC(C)c1ccc(F)cc1Br. The van der Waals surface area contributed by atoms with Gasteiger partial charge in [0, 0.05) is 15.0 Å². The van der Waals surface area contributed by atoms with E-state index in [0.29, 0.717) is 0 Å². The highest BCUT2D eigenvalue weighted by atomic mass is 79.9. The first-order valence-corrected chi connectivity index (χ1v) is 8.06. The lowest BCUT2D eigenvalue weighted by atomic mass is 10.1. The molecule has 1 unspecified atom stereocenters. The number of rotatable bonds is 4. The Morgan fingerprint density at radius 2 is 1.90 bits per heavy atom. The molecule has 1 atom stereocenters. The zero-order chi connectivity index (χ0) is 15.6. The van der Waals surface area contributed by atoms with E-state index in [1.807, 2.05) is 26.0 Å². The molecule has 5 heteroatoms. The number of benzene rings is 2. The van der Waals surface area contributed by atoms with Crippen molar-refractivity contribution in [3.8, 4) is 5.75 Å². The van der Waals surface area contributed by atoms with E-state index in [-0.39, 0.29) is 11.9 Å². The van der Waals surface area contributed by atoms with Gasteiger partial charge in [0.05, 0.1) is 12.8 Å². The van der Waals surface area contributed by atoms with Gasteiger partial charge in [-0.3, -0.25) is 0 Å². The van der Waals surface area contributed by atoms with Crippen molar-refractivity contribution >= 4 is 37.5 Å². The molecule has 0 aliphatic rings. The summed E-state index contributed by atoms with van der Waals surface area (Å²) >= 11 is 6.87. The Labute approximate surface area is 141 Å². The van der Waals surface area contributed by atoms with Crippen molar-refractivity contribution in [1.82, 2.24) is 0 Å². The minimum Gasteiger partial charge on any atom is -0.495 e. The van der Waals surface area contributed by atoms with Crippen LogP contribution in [0.15, 0.2) is 39.3 Å². The molecule has 2 aromatic carbocycles. The number of methoxy groups -OCH3 is 1. The number of hydrogen-bond acceptors (Lipinski definition) is 2. The molecule has 1 N–H and O–H groups in total. The summed E-state index contributed by atoms with van der Waals surface area (Å²) in [6.45, 7) is 4.04. The molecule has 112 valence electrons. The van der Waals surface area contributed by atoms with Gasteiger partial charge in [0.1, 0.15) is 11.6 Å². The minimum atomic E-state index is -0.254. The highest BCUT2D eigenvalue weighted by Crippen LogP contribution is 2.35. The predicted molar refractivity (Wildman–Crippen MR) is 91.6 cm³/mol. The molecule has 2 nitrogen and oxygen atoms in total. The smallest absolute Gasteiger partial charge is 0.143 e. The van der Waals surface area contributed by atoms with Gasteiger partial charge in [0.15, 0.2) is 0 Å². The lowest BCUT2D eigenvalue weighted by Gasteiger charge is -2.21. The summed E-state index contributed by atoms with van der Waals surface area (Å²) in [7, 11) is 1.64. The van der Waals surface area contributed by atoms with Crippen LogP contribution in [0.3, 0.4) is 0 Å². The van der Waals surface area contributed by atoms with E-state index in [1.165, 1.54) is 12.1 Å². The van der Waals surface area contributed by atoms with Crippen LogP contribution in [0.2, 0.25) is 0 Å². The second-order valence-corrected chi connectivity index (χ2v) is 6.60. The van der Waals surface area contributed by atoms with Crippen molar-refractivity contribution in [2.24, 2.45) is 0 Å². The van der Waals surface area contributed by atoms with Crippen LogP contribution in [-0.2, 0) is 0 Å². The van der Waals surface area contributed by atoms with E-state index < -0.39 is 0 Å². The van der Waals surface area contributed by atoms with Crippen LogP contribution < -0.4 is 10.1 Å². The van der Waals surface area contributed by atoms with Crippen LogP contribution in [-0.4, -0.2) is 7.11 Å². The van der Waals surface area contributed by atoms with Gasteiger partial charge in [-0.05, 0) is 49.2 Å². The number of halogens is 3. The molecule has 2 rings (SSSR count). The summed E-state index contributed by atoms with van der Waals surface area (Å²) in [6.07, 6.45) is 0. The zero-order valence-corrected chi connectivity index (χ0v) is 15.2. The standard InChI is InChI=1S/C16H16Br2FNO/c1-9-6-11(17)7-15(21-3)16(9)20-10(2)13-5-4-12(19)8-14(13)18/h4-8,10,20H,1-3H3. The third-order valence-electron chi connectivity index (χ3n) is 3.27. The summed E-state index contributed by atoms with van der Waals surface area (Å²) in [4.78, 5) is 0. The Bertz CT molecular complexity index is 661. The van der Waals surface area contributed by atoms with Crippen molar-refractivity contribution in [3.63, 3.8) is 0 Å². The topological polar surface area (TPSA) is 21.3 Å². The van der Waals surface area contributed by atoms with Gasteiger partial charge in [-0.1, -0.05) is 37.9 Å². The fourth-order valence-corrected chi connectivity index (χ4v) is 3.45. The Kier molecular flexibility index (Phi) is 5.27. The molecule has 0 aliphatic heterocycles. The zero-order valence-electron chi connectivity index (χ0n) is 12.0. The Morgan fingerprint density at radius 1 is 1.19 bits per heavy atom. The first-order chi connectivity index (χ1) is 9.92. The average Bonchev–Trinajstić information content (AvgIpc) is 2.41. The summed E-state index contributed by atoms with van der Waals surface area (Å²) in [5, 5.41) is 3.44. The summed E-state index contributed by atoms with van der Waals surface area (Å²) in [5.41, 5.74) is 3.00. The lowest BCUT2D eigenvalue weighted by molar-refractivity contribution is 0.415. The maximum absolute atomic E-state index is 13.2. The van der Waals surface area contributed by atoms with Crippen molar-refractivity contribution in [2.75, 3.05) is 12.4 Å². The van der Waals surface area contributed by atoms with Gasteiger partial charge in [0.25, 0.3) is 0 Å². The Hall–Kier alpha value is -1.07. The van der Waals surface area contributed by atoms with Gasteiger partial charge in [-0.2, -0.15) is 0 Å². The molecule has 0 fully saturated rings. The largest absolute Gasteiger partial charge is 0.495 e. The number of anilines is 1. The minimum absolute atomic E-state index is 0.00810. The first kappa shape index (κ1) is 16.3. The molecule has 0 radical (unpaired) electrons. The van der Waals surface area contributed by atoms with Crippen LogP contribution in [0.4, 0.5) is 10.1 Å². The van der Waals surface area contributed by atoms with E-state index in [0.717, 1.165) is 31.5 Å². The summed E-state index contributed by atoms with van der Waals surface area (Å²) in [5.74, 6) is 0.516. The molecule has 0 saturated heterocycles. The van der Waals surface area contributed by atoms with Gasteiger partial charge >= 0.3 is 0 Å². The molecule has 0 heterocycles. The second-order valence-electron chi connectivity index (χ2n) is 4.83. The highest BCUT2D eigenvalue weighted by Gasteiger charge is 2.14. The van der Waals surface area contributed by atoms with Crippen LogP contribution >= 0.6 is 31.9 Å². The molecular weight excluding hydrogens is 401 g/mol. The van der Waals surface area contributed by atoms with E-state index in [4.69, 9.17) is 4.74 Å². The molecule has 0 spiro atoms. The number of nitrogens with one attached hydrogen (secondary N) is 1. The second kappa shape index (κ2) is 6.79. The molecule has 21 heavy (non-hydrogen) atoms. The van der Waals surface area contributed by atoms with E-state index in [9.17, 15) is 4.39 Å². The molecule has 0 saturated carbocycles. The quantitative estimate of drug-likeness (QED) is 0.675. The predicted octanol–water partition coefficient (Wildman–Crippen LogP) is 5.84. The molecule has 0 bridgehead atoms. The van der Waals surface area contributed by atoms with Gasteiger partial charge in [-0.25, -0.2) is 4.39 Å². The Morgan fingerprint density at radius 3 is 2.52 bits per heavy atom. The molecule has 0 aliphatic carbocycles. The molecular formula is C16H16Br2FNO. The van der Waals surface area contributed by atoms with Crippen molar-refractivity contribution < 1.29 is 9.13 Å².